The van der Waals surface area contributed by atoms with Crippen LogP contribution in [0, 0.1) is 28.6 Å². The highest BCUT2D eigenvalue weighted by Crippen LogP contribution is 2.43. The SMILES string of the molecule is CCn1cc(CC2(C#N)CCC(C(C)C)CC2)cn1. The van der Waals surface area contributed by atoms with E-state index in [-0.39, 0.29) is 5.41 Å². The molecule has 2 rings (SSSR count). The lowest BCUT2D eigenvalue weighted by molar-refractivity contribution is 0.175. The second-order valence-electron chi connectivity index (χ2n) is 6.35. The van der Waals surface area contributed by atoms with Gasteiger partial charge in [0.1, 0.15) is 0 Å². The summed E-state index contributed by atoms with van der Waals surface area (Å²) in [5, 5.41) is 13.9. The van der Waals surface area contributed by atoms with Gasteiger partial charge in [0.25, 0.3) is 0 Å². The van der Waals surface area contributed by atoms with Crippen molar-refractivity contribution in [3.8, 4) is 6.07 Å². The molecular formula is C16H25N3. The van der Waals surface area contributed by atoms with Crippen molar-refractivity contribution in [2.24, 2.45) is 17.3 Å². The maximum Gasteiger partial charge on any atom is 0.0693 e. The highest BCUT2D eigenvalue weighted by atomic mass is 15.3. The van der Waals surface area contributed by atoms with Crippen LogP contribution >= 0.6 is 0 Å². The Bertz CT molecular complexity index is 445. The largest absolute Gasteiger partial charge is 0.273 e. The molecular weight excluding hydrogens is 234 g/mol. The van der Waals surface area contributed by atoms with Crippen LogP contribution in [0.3, 0.4) is 0 Å². The van der Waals surface area contributed by atoms with Crippen LogP contribution in [-0.2, 0) is 13.0 Å². The fourth-order valence-electron chi connectivity index (χ4n) is 3.25. The van der Waals surface area contributed by atoms with E-state index >= 15 is 0 Å². The number of aryl methyl sites for hydroxylation is 1. The monoisotopic (exact) mass is 259 g/mol. The predicted octanol–water partition coefficient (Wildman–Crippen LogP) is 3.80. The van der Waals surface area contributed by atoms with Crippen molar-refractivity contribution in [2.45, 2.75) is 59.4 Å². The van der Waals surface area contributed by atoms with Gasteiger partial charge in [0.2, 0.25) is 0 Å². The zero-order valence-electron chi connectivity index (χ0n) is 12.4. The van der Waals surface area contributed by atoms with Crippen molar-refractivity contribution < 1.29 is 0 Å². The van der Waals surface area contributed by atoms with E-state index in [1.807, 2.05) is 10.9 Å². The molecule has 104 valence electrons. The quantitative estimate of drug-likeness (QED) is 0.825. The Balaban J connectivity index is 2.02. The lowest BCUT2D eigenvalue weighted by atomic mass is 9.66. The summed E-state index contributed by atoms with van der Waals surface area (Å²) in [6.07, 6.45) is 9.38. The van der Waals surface area contributed by atoms with E-state index < -0.39 is 0 Å². The molecule has 0 radical (unpaired) electrons. The molecule has 1 saturated carbocycles. The fraction of sp³-hybridized carbons (Fsp3) is 0.750. The lowest BCUT2D eigenvalue weighted by Crippen LogP contribution is -2.29. The Kier molecular flexibility index (Phi) is 4.29. The topological polar surface area (TPSA) is 41.6 Å². The summed E-state index contributed by atoms with van der Waals surface area (Å²) in [5.41, 5.74) is 1.07. The van der Waals surface area contributed by atoms with Crippen LogP contribution in [0.2, 0.25) is 0 Å². The molecule has 1 fully saturated rings. The number of hydrogen-bond donors (Lipinski definition) is 0. The van der Waals surface area contributed by atoms with Gasteiger partial charge >= 0.3 is 0 Å². The second kappa shape index (κ2) is 5.77. The van der Waals surface area contributed by atoms with Gasteiger partial charge in [-0.3, -0.25) is 4.68 Å². The average Bonchev–Trinajstić information content (AvgIpc) is 2.86. The third-order valence-corrected chi connectivity index (χ3v) is 4.72. The molecule has 0 aliphatic heterocycles. The standard InChI is InChI=1S/C16H25N3/c1-4-19-11-14(10-18-19)9-16(12-17)7-5-15(6-8-16)13(2)3/h10-11,13,15H,4-9H2,1-3H3. The molecule has 1 aliphatic rings. The van der Waals surface area contributed by atoms with Gasteiger partial charge in [-0.05, 0) is 56.4 Å². The molecule has 1 aromatic heterocycles. The van der Waals surface area contributed by atoms with E-state index in [9.17, 15) is 5.26 Å². The normalized spacial score (nSPS) is 27.4. The highest BCUT2D eigenvalue weighted by molar-refractivity contribution is 5.14. The van der Waals surface area contributed by atoms with Gasteiger partial charge in [0, 0.05) is 12.7 Å². The van der Waals surface area contributed by atoms with Crippen molar-refractivity contribution in [3.05, 3.63) is 18.0 Å². The maximum atomic E-state index is 9.61. The van der Waals surface area contributed by atoms with Gasteiger partial charge in [-0.2, -0.15) is 10.4 Å². The van der Waals surface area contributed by atoms with E-state index in [1.165, 1.54) is 18.4 Å². The minimum atomic E-state index is -0.146. The molecule has 0 aromatic carbocycles. The molecule has 0 spiro atoms. The molecule has 0 unspecified atom stereocenters. The summed E-state index contributed by atoms with van der Waals surface area (Å²) in [6, 6.07) is 2.62. The number of nitriles is 1. The van der Waals surface area contributed by atoms with Gasteiger partial charge in [0.05, 0.1) is 17.7 Å². The lowest BCUT2D eigenvalue weighted by Gasteiger charge is -2.36. The maximum absolute atomic E-state index is 9.61. The van der Waals surface area contributed by atoms with Gasteiger partial charge in [0.15, 0.2) is 0 Å². The van der Waals surface area contributed by atoms with Crippen LogP contribution in [0.1, 0.15) is 52.0 Å². The summed E-state index contributed by atoms with van der Waals surface area (Å²) in [7, 11) is 0. The Morgan fingerprint density at radius 1 is 1.47 bits per heavy atom. The number of nitrogens with zero attached hydrogens (tertiary/aromatic N) is 3. The predicted molar refractivity (Wildman–Crippen MR) is 76.4 cm³/mol. The molecule has 1 aromatic rings. The minimum Gasteiger partial charge on any atom is -0.273 e. The van der Waals surface area contributed by atoms with E-state index in [1.54, 1.807) is 0 Å². The first-order valence-electron chi connectivity index (χ1n) is 7.51. The molecule has 0 saturated heterocycles. The van der Waals surface area contributed by atoms with E-state index in [0.29, 0.717) is 0 Å². The molecule has 19 heavy (non-hydrogen) atoms. The number of hydrogen-bond acceptors (Lipinski definition) is 2. The number of rotatable bonds is 4. The fourth-order valence-corrected chi connectivity index (χ4v) is 3.25. The third-order valence-electron chi connectivity index (χ3n) is 4.72. The summed E-state index contributed by atoms with van der Waals surface area (Å²) in [5.74, 6) is 1.55. The van der Waals surface area contributed by atoms with Crippen LogP contribution in [-0.4, -0.2) is 9.78 Å². The molecule has 3 heteroatoms. The van der Waals surface area contributed by atoms with Crippen molar-refractivity contribution >= 4 is 0 Å². The Morgan fingerprint density at radius 2 is 2.16 bits per heavy atom. The van der Waals surface area contributed by atoms with Crippen LogP contribution in [0.5, 0.6) is 0 Å². The summed E-state index contributed by atoms with van der Waals surface area (Å²) in [4.78, 5) is 0. The van der Waals surface area contributed by atoms with Gasteiger partial charge in [-0.15, -0.1) is 0 Å². The van der Waals surface area contributed by atoms with Crippen LogP contribution in [0.25, 0.3) is 0 Å². The zero-order chi connectivity index (χ0) is 13.9. The molecule has 0 N–H and O–H groups in total. The van der Waals surface area contributed by atoms with Crippen LogP contribution in [0.4, 0.5) is 0 Å². The van der Waals surface area contributed by atoms with Gasteiger partial charge in [-0.1, -0.05) is 13.8 Å². The Hall–Kier alpha value is -1.30. The Morgan fingerprint density at radius 3 is 2.63 bits per heavy atom. The van der Waals surface area contributed by atoms with E-state index in [2.05, 4.69) is 38.1 Å². The van der Waals surface area contributed by atoms with Crippen molar-refractivity contribution in [1.82, 2.24) is 9.78 Å². The minimum absolute atomic E-state index is 0.146. The molecule has 1 heterocycles. The van der Waals surface area contributed by atoms with Crippen LogP contribution in [0.15, 0.2) is 12.4 Å². The highest BCUT2D eigenvalue weighted by Gasteiger charge is 2.36. The Labute approximate surface area is 116 Å². The molecule has 3 nitrogen and oxygen atoms in total. The van der Waals surface area contributed by atoms with Gasteiger partial charge < -0.3 is 0 Å². The van der Waals surface area contributed by atoms with Crippen molar-refractivity contribution in [1.29, 1.82) is 5.26 Å². The van der Waals surface area contributed by atoms with E-state index in [4.69, 9.17) is 0 Å². The van der Waals surface area contributed by atoms with Crippen LogP contribution < -0.4 is 0 Å². The summed E-state index contributed by atoms with van der Waals surface area (Å²) in [6.45, 7) is 7.59. The smallest absolute Gasteiger partial charge is 0.0693 e. The van der Waals surface area contributed by atoms with Gasteiger partial charge in [-0.25, -0.2) is 0 Å². The molecule has 0 bridgehead atoms. The van der Waals surface area contributed by atoms with Crippen molar-refractivity contribution in [2.75, 3.05) is 0 Å². The van der Waals surface area contributed by atoms with E-state index in [0.717, 1.165) is 37.6 Å². The summed E-state index contributed by atoms with van der Waals surface area (Å²) < 4.78 is 1.94. The molecule has 1 aliphatic carbocycles. The summed E-state index contributed by atoms with van der Waals surface area (Å²) >= 11 is 0. The van der Waals surface area contributed by atoms with Crippen molar-refractivity contribution in [3.63, 3.8) is 0 Å². The average molecular weight is 259 g/mol. The first-order valence-corrected chi connectivity index (χ1v) is 7.51. The first kappa shape index (κ1) is 14.1. The zero-order valence-corrected chi connectivity index (χ0v) is 12.4. The first-order chi connectivity index (χ1) is 9.08. The molecule has 0 atom stereocenters. The third kappa shape index (κ3) is 3.18. The number of aromatic nitrogens is 2. The second-order valence-corrected chi connectivity index (χ2v) is 6.35. The molecule has 0 amide bonds.